The third kappa shape index (κ3) is 34.1. The van der Waals surface area contributed by atoms with Crippen LogP contribution in [0.5, 0.6) is 34.5 Å². The molecule has 0 amide bonds. The fourth-order valence-electron chi connectivity index (χ4n) is 10.8. The molecular formula is C81H89Cl2N8O23S5-5. The van der Waals surface area contributed by atoms with E-state index in [9.17, 15) is 83.1 Å². The quantitative estimate of drug-likeness (QED) is 0.00990. The molecule has 8 aromatic carbocycles. The van der Waals surface area contributed by atoms with Crippen LogP contribution < -0.4 is 53.4 Å². The van der Waals surface area contributed by atoms with Crippen LogP contribution in [0, 0.1) is 0 Å². The highest BCUT2D eigenvalue weighted by Crippen LogP contribution is 2.44. The van der Waals surface area contributed by atoms with E-state index in [-0.39, 0.29) is 60.9 Å². The first-order chi connectivity index (χ1) is 57.2. The molecule has 0 aliphatic carbocycles. The summed E-state index contributed by atoms with van der Waals surface area (Å²) in [6.07, 6.45) is 12.3. The van der Waals surface area contributed by atoms with Gasteiger partial charge in [-0.1, -0.05) is 132 Å². The smallest absolute Gasteiger partial charge is 0.336 e. The number of benzene rings is 8. The minimum atomic E-state index is -2.62. The van der Waals surface area contributed by atoms with Gasteiger partial charge in [-0.3, -0.25) is 30.6 Å². The van der Waals surface area contributed by atoms with Crippen LogP contribution in [-0.2, 0) is 82.0 Å². The number of ether oxygens (including phenoxy) is 3. The molecule has 10 N–H and O–H groups in total. The summed E-state index contributed by atoms with van der Waals surface area (Å²) >= 11 is -0.881. The van der Waals surface area contributed by atoms with Crippen molar-refractivity contribution in [1.29, 1.82) is 0 Å². The van der Waals surface area contributed by atoms with Gasteiger partial charge < -0.3 is 100 Å². The lowest BCUT2D eigenvalue weighted by molar-refractivity contribution is 0.0685. The van der Waals surface area contributed by atoms with E-state index in [1.807, 2.05) is 75.9 Å². The number of hydrogen-bond donors (Lipinski definition) is 10. The topological polar surface area (TPSA) is 488 Å². The Labute approximate surface area is 711 Å². The van der Waals surface area contributed by atoms with Gasteiger partial charge in [0.25, 0.3) is 0 Å². The molecule has 1 saturated heterocycles. The second kappa shape index (κ2) is 53.4. The Kier molecular flexibility index (Phi) is 44.3. The zero-order valence-corrected chi connectivity index (χ0v) is 70.8. The number of anilines is 8. The minimum absolute atomic E-state index is 0.00101. The number of halogens is 2. The van der Waals surface area contributed by atoms with Crippen LogP contribution in [0.4, 0.5) is 45.5 Å². The van der Waals surface area contributed by atoms with Crippen molar-refractivity contribution in [3.8, 4) is 34.5 Å². The van der Waals surface area contributed by atoms with Gasteiger partial charge in [-0.05, 0) is 171 Å². The average Bonchev–Trinajstić information content (AvgIpc) is 1.79. The summed E-state index contributed by atoms with van der Waals surface area (Å²) in [7, 11) is 0. The molecule has 0 spiro atoms. The maximum absolute atomic E-state index is 11.4. The molecule has 0 radical (unpaired) electrons. The predicted molar refractivity (Wildman–Crippen MR) is 459 cm³/mol. The van der Waals surface area contributed by atoms with Crippen LogP contribution in [-0.4, -0.2) is 116 Å². The van der Waals surface area contributed by atoms with E-state index < -0.39 is 74.2 Å². The summed E-state index contributed by atoms with van der Waals surface area (Å²) in [5, 5.41) is 34.5. The van der Waals surface area contributed by atoms with Crippen molar-refractivity contribution in [1.82, 2.24) is 0 Å². The highest BCUT2D eigenvalue weighted by atomic mass is 35.5. The number of furan rings is 2. The van der Waals surface area contributed by atoms with E-state index in [0.29, 0.717) is 114 Å². The third-order valence-electron chi connectivity index (χ3n) is 16.1. The first kappa shape index (κ1) is 98.6. The molecular weight excluding hydrogens is 1680 g/mol. The number of aromatic carboxylic acids is 3. The van der Waals surface area contributed by atoms with Crippen molar-refractivity contribution in [3.05, 3.63) is 249 Å². The SMILES string of the molecule is CC.CC.CCCCNc1cc(C(=O)O)cc(NS(=O)[O-])c1Oc1ccccc1.CCCCNc1cc(C=O)cc(NS(=O)[O-])c1Oc1ccccc1.O=C(O)c1cc(NS(=O)[O-])c(Cl)cc1CCc1ccco1.O=C(O)c1cc(NS(=O)[O-])c(Oc2ccccc2)c(N2CCCC2)c1.O=Cc1cc(NS(=O)[O-])c(Cl)cc1CCc1ccco1. The molecule has 1 aliphatic rings. The summed E-state index contributed by atoms with van der Waals surface area (Å²) in [5.74, 6) is 0.526. The van der Waals surface area contributed by atoms with Gasteiger partial charge in [-0.25, -0.2) is 14.4 Å². The van der Waals surface area contributed by atoms with E-state index in [1.165, 1.54) is 54.8 Å². The molecule has 5 unspecified atom stereocenters. The second-order valence-electron chi connectivity index (χ2n) is 24.2. The van der Waals surface area contributed by atoms with Crippen molar-refractivity contribution in [3.63, 3.8) is 0 Å². The van der Waals surface area contributed by atoms with Crippen LogP contribution in [0.15, 0.2) is 197 Å². The van der Waals surface area contributed by atoms with Gasteiger partial charge in [-0.15, -0.1) is 0 Å². The molecule has 0 saturated carbocycles. The number of hydrogen-bond acceptors (Lipinski definition) is 23. The second-order valence-corrected chi connectivity index (χ2v) is 28.4. The lowest BCUT2D eigenvalue weighted by atomic mass is 10.0. The summed E-state index contributed by atoms with van der Waals surface area (Å²) in [6, 6.07) is 48.1. The van der Waals surface area contributed by atoms with E-state index in [0.717, 1.165) is 68.7 Å². The van der Waals surface area contributed by atoms with Crippen molar-refractivity contribution in [2.75, 3.05) is 65.3 Å². The zero-order chi connectivity index (χ0) is 87.3. The largest absolute Gasteiger partial charge is 0.755 e. The lowest BCUT2D eigenvalue weighted by Crippen LogP contribution is -2.20. The molecule has 31 nitrogen and oxygen atoms in total. The monoisotopic (exact) mass is 1770 g/mol. The Balaban J connectivity index is 0.000000263. The number of carboxylic acid groups (broad SMARTS) is 3. The molecule has 10 aromatic rings. The summed E-state index contributed by atoms with van der Waals surface area (Å²) in [5.41, 5.74) is 4.04. The van der Waals surface area contributed by atoms with Crippen LogP contribution in [0.25, 0.3) is 0 Å². The summed E-state index contributed by atoms with van der Waals surface area (Å²) < 4.78 is 148. The Hall–Kier alpha value is -11.0. The standard InChI is InChI=1S/C17H18N2O5S.C17H20N2O5S.C17H20N2O4S.C13H12ClNO5S.C13H12ClNO4S.2C2H6/c20-17(21)12-10-14(18-25(22)23)16(24-13-6-2-1-3-7-13)15(11-12)19-8-4-5-9-19;1-2-3-9-18-14-10-12(17(20)21)11-15(19-25(22)23)16(14)24-13-7-5-4-6-8-13;1-2-3-9-18-15-10-13(12-20)11-16(19-24(21)22)17(15)23-14-7-5-4-6-8-14;14-11-6-8(3-4-9-2-1-5-20-9)10(13(16)17)7-12(11)15-21(18)19;14-12-6-9(3-4-11-2-1-5-19-11)10(8-16)7-13(12)15-20(17)18;2*1-2/h1-3,6-7,10-11,18H,4-5,8-9H2,(H,20,21)(H,22,23);4-8,10-11,18-19H,2-3,9H2,1H3,(H,20,21)(H,22,23);4-8,10-12,18-19H,2-3,9H2,1H3,(H,21,22);1-2,5-7,15H,3-4H2,(H,16,17)(H,18,19);1-2,5-8,15H,3-4H2,(H,17,18);2*1-2H3/p-5. The van der Waals surface area contributed by atoms with Gasteiger partial charge >= 0.3 is 17.9 Å². The number of rotatable bonds is 36. The van der Waals surface area contributed by atoms with Gasteiger partial charge in [-0.2, -0.15) is 0 Å². The molecule has 640 valence electrons. The van der Waals surface area contributed by atoms with Gasteiger partial charge in [0, 0.05) is 106 Å². The lowest BCUT2D eigenvalue weighted by Gasteiger charge is -2.24. The van der Waals surface area contributed by atoms with E-state index >= 15 is 0 Å². The van der Waals surface area contributed by atoms with Gasteiger partial charge in [0.1, 0.15) is 41.3 Å². The van der Waals surface area contributed by atoms with Crippen LogP contribution in [0.2, 0.25) is 10.0 Å². The number of carboxylic acids is 3. The maximum Gasteiger partial charge on any atom is 0.336 e. The molecule has 0 bridgehead atoms. The number of aryl methyl sites for hydroxylation is 4. The Morgan fingerprint density at radius 2 is 0.815 bits per heavy atom. The Morgan fingerprint density at radius 1 is 0.445 bits per heavy atom. The molecule has 3 heterocycles. The Morgan fingerprint density at radius 3 is 1.21 bits per heavy atom. The van der Waals surface area contributed by atoms with Crippen molar-refractivity contribution < 1.29 is 106 Å². The van der Waals surface area contributed by atoms with E-state index in [1.54, 1.807) is 97.3 Å². The summed E-state index contributed by atoms with van der Waals surface area (Å²) in [4.78, 5) is 58.3. The predicted octanol–water partition coefficient (Wildman–Crippen LogP) is 17.7. The van der Waals surface area contributed by atoms with Gasteiger partial charge in [0.15, 0.2) is 17.2 Å². The fraction of sp³-hybridized carbons (Fsp3) is 0.247. The Bertz CT molecular complexity index is 4980. The normalized spacial score (nSPS) is 12.2. The average molecular weight is 1770 g/mol. The fourth-order valence-corrected chi connectivity index (χ4v) is 13.1. The highest BCUT2D eigenvalue weighted by Gasteiger charge is 2.25. The molecule has 1 aliphatic heterocycles. The molecule has 38 heteroatoms. The minimum Gasteiger partial charge on any atom is -0.755 e. The van der Waals surface area contributed by atoms with Gasteiger partial charge in [0.2, 0.25) is 0 Å². The van der Waals surface area contributed by atoms with E-state index in [4.69, 9.17) is 46.2 Å². The third-order valence-corrected chi connectivity index (χ3v) is 18.7. The molecule has 2 aromatic heterocycles. The first-order valence-corrected chi connectivity index (χ1v) is 42.9. The van der Waals surface area contributed by atoms with Crippen molar-refractivity contribution in [2.45, 2.75) is 106 Å². The number of unbranched alkanes of at least 4 members (excludes halogenated alkanes) is 2. The van der Waals surface area contributed by atoms with Crippen molar-refractivity contribution in [2.24, 2.45) is 0 Å². The van der Waals surface area contributed by atoms with Gasteiger partial charge in [0.05, 0.1) is 84.8 Å². The number of para-hydroxylation sites is 3. The number of carbonyl (C=O) groups is 5. The number of aldehydes is 2. The van der Waals surface area contributed by atoms with Crippen LogP contribution in [0.1, 0.15) is 155 Å². The maximum atomic E-state index is 11.4. The molecule has 119 heavy (non-hydrogen) atoms. The number of nitrogens with one attached hydrogen (secondary N) is 7. The van der Waals surface area contributed by atoms with Crippen LogP contribution >= 0.6 is 23.2 Å². The number of nitrogens with zero attached hydrogens (tertiary/aromatic N) is 1. The molecule has 11 rings (SSSR count). The number of carbonyl (C=O) groups excluding carboxylic acids is 2. The van der Waals surface area contributed by atoms with Crippen molar-refractivity contribution >= 4 is 156 Å². The molecule has 1 fully saturated rings. The van der Waals surface area contributed by atoms with Crippen LogP contribution in [0.3, 0.4) is 0 Å². The summed E-state index contributed by atoms with van der Waals surface area (Å²) in [6.45, 7) is 14.9. The van der Waals surface area contributed by atoms with E-state index in [2.05, 4.69) is 41.2 Å². The molecule has 5 atom stereocenters. The zero-order valence-electron chi connectivity index (χ0n) is 65.2. The highest BCUT2D eigenvalue weighted by molar-refractivity contribution is 7.81. The first-order valence-electron chi connectivity index (χ1n) is 36.8.